The molecule has 2 rings (SSSR count). The highest BCUT2D eigenvalue weighted by molar-refractivity contribution is 6.34. The van der Waals surface area contributed by atoms with Gasteiger partial charge in [0.25, 0.3) is 5.91 Å². The van der Waals surface area contributed by atoms with Gasteiger partial charge in [0.1, 0.15) is 0 Å². The highest BCUT2D eigenvalue weighted by Gasteiger charge is 2.21. The van der Waals surface area contributed by atoms with Gasteiger partial charge >= 0.3 is 0 Å². The Kier molecular flexibility index (Phi) is 6.95. The summed E-state index contributed by atoms with van der Waals surface area (Å²) in [6.45, 7) is 1.74. The zero-order valence-corrected chi connectivity index (χ0v) is 13.3. The van der Waals surface area contributed by atoms with Gasteiger partial charge in [0, 0.05) is 18.7 Å². The summed E-state index contributed by atoms with van der Waals surface area (Å²) in [5.74, 6) is -0.199. The first-order chi connectivity index (χ1) is 9.61. The van der Waals surface area contributed by atoms with Crippen LogP contribution in [0.15, 0.2) is 18.2 Å². The van der Waals surface area contributed by atoms with E-state index in [0.717, 1.165) is 25.9 Å². The minimum absolute atomic E-state index is 0. The van der Waals surface area contributed by atoms with Crippen molar-refractivity contribution in [3.8, 4) is 0 Å². The second-order valence-electron chi connectivity index (χ2n) is 4.79. The number of carbonyl (C=O) groups is 2. The number of hydrogen-bond acceptors (Lipinski definition) is 3. The Balaban J connectivity index is 0.00000220. The third-order valence-electron chi connectivity index (χ3n) is 3.42. The molecule has 1 saturated heterocycles. The Morgan fingerprint density at radius 1 is 1.29 bits per heavy atom. The summed E-state index contributed by atoms with van der Waals surface area (Å²) >= 11 is 6.05. The van der Waals surface area contributed by atoms with Gasteiger partial charge in [-0.05, 0) is 44.1 Å². The van der Waals surface area contributed by atoms with E-state index in [2.05, 4.69) is 16.0 Å². The molecule has 1 aromatic carbocycles. The summed E-state index contributed by atoms with van der Waals surface area (Å²) < 4.78 is 0. The number of nitrogens with one attached hydrogen (secondary N) is 3. The van der Waals surface area contributed by atoms with E-state index < -0.39 is 0 Å². The third kappa shape index (κ3) is 4.59. The Morgan fingerprint density at radius 2 is 1.95 bits per heavy atom. The maximum Gasteiger partial charge on any atom is 0.252 e. The summed E-state index contributed by atoms with van der Waals surface area (Å²) in [4.78, 5) is 23.6. The van der Waals surface area contributed by atoms with E-state index >= 15 is 0 Å². The number of anilines is 1. The lowest BCUT2D eigenvalue weighted by Gasteiger charge is -2.21. The Hall–Kier alpha value is -1.30. The molecule has 5 nitrogen and oxygen atoms in total. The first-order valence-electron chi connectivity index (χ1n) is 6.65. The van der Waals surface area contributed by atoms with Crippen molar-refractivity contribution in [2.45, 2.75) is 12.8 Å². The van der Waals surface area contributed by atoms with Crippen LogP contribution in [-0.4, -0.2) is 32.0 Å². The smallest absolute Gasteiger partial charge is 0.252 e. The molecular weight excluding hydrogens is 313 g/mol. The molecule has 3 N–H and O–H groups in total. The average Bonchev–Trinajstić information content (AvgIpc) is 2.47. The molecule has 1 aliphatic heterocycles. The molecule has 2 amide bonds. The van der Waals surface area contributed by atoms with E-state index in [1.807, 2.05) is 0 Å². The van der Waals surface area contributed by atoms with Gasteiger partial charge in [0.2, 0.25) is 5.91 Å². The van der Waals surface area contributed by atoms with Crippen LogP contribution in [0.4, 0.5) is 5.69 Å². The van der Waals surface area contributed by atoms with Crippen LogP contribution in [0, 0.1) is 5.92 Å². The highest BCUT2D eigenvalue weighted by atomic mass is 35.5. The van der Waals surface area contributed by atoms with Gasteiger partial charge < -0.3 is 16.0 Å². The number of carbonyl (C=O) groups excluding carboxylic acids is 2. The molecule has 0 saturated carbocycles. The summed E-state index contributed by atoms with van der Waals surface area (Å²) in [5.41, 5.74) is 1.01. The van der Waals surface area contributed by atoms with Crippen LogP contribution in [0.1, 0.15) is 23.2 Å². The molecular formula is C14H19Cl2N3O2. The van der Waals surface area contributed by atoms with Crippen molar-refractivity contribution in [1.82, 2.24) is 10.6 Å². The van der Waals surface area contributed by atoms with E-state index in [1.54, 1.807) is 25.2 Å². The second-order valence-corrected chi connectivity index (χ2v) is 5.19. The van der Waals surface area contributed by atoms with Crippen LogP contribution >= 0.6 is 24.0 Å². The fourth-order valence-corrected chi connectivity index (χ4v) is 2.51. The number of amides is 2. The zero-order chi connectivity index (χ0) is 14.5. The number of rotatable bonds is 3. The molecule has 0 spiro atoms. The zero-order valence-electron chi connectivity index (χ0n) is 11.7. The molecule has 7 heteroatoms. The van der Waals surface area contributed by atoms with Gasteiger partial charge in [0.15, 0.2) is 0 Å². The molecule has 0 bridgehead atoms. The topological polar surface area (TPSA) is 70.2 Å². The molecule has 0 atom stereocenters. The molecule has 116 valence electrons. The summed E-state index contributed by atoms with van der Waals surface area (Å²) in [7, 11) is 1.55. The summed E-state index contributed by atoms with van der Waals surface area (Å²) in [5, 5.41) is 8.92. The lowest BCUT2D eigenvalue weighted by molar-refractivity contribution is -0.120. The quantitative estimate of drug-likeness (QED) is 0.794. The predicted molar refractivity (Wildman–Crippen MR) is 86.3 cm³/mol. The van der Waals surface area contributed by atoms with Crippen LogP contribution < -0.4 is 16.0 Å². The van der Waals surface area contributed by atoms with E-state index in [4.69, 9.17) is 11.6 Å². The Morgan fingerprint density at radius 3 is 2.52 bits per heavy atom. The molecule has 1 aliphatic rings. The first-order valence-corrected chi connectivity index (χ1v) is 7.03. The molecule has 1 fully saturated rings. The molecule has 0 radical (unpaired) electrons. The van der Waals surface area contributed by atoms with E-state index in [-0.39, 0.29) is 30.1 Å². The monoisotopic (exact) mass is 331 g/mol. The van der Waals surface area contributed by atoms with Gasteiger partial charge in [-0.15, -0.1) is 12.4 Å². The van der Waals surface area contributed by atoms with Crippen molar-refractivity contribution < 1.29 is 9.59 Å². The van der Waals surface area contributed by atoms with Gasteiger partial charge in [-0.25, -0.2) is 0 Å². The molecule has 1 aromatic rings. The van der Waals surface area contributed by atoms with Crippen molar-refractivity contribution in [2.24, 2.45) is 5.92 Å². The fraction of sp³-hybridized carbons (Fsp3) is 0.429. The van der Waals surface area contributed by atoms with Gasteiger partial charge in [0.05, 0.1) is 10.6 Å². The van der Waals surface area contributed by atoms with Gasteiger partial charge in [-0.2, -0.15) is 0 Å². The van der Waals surface area contributed by atoms with Crippen LogP contribution in [0.25, 0.3) is 0 Å². The second kappa shape index (κ2) is 8.22. The molecule has 0 aliphatic carbocycles. The van der Waals surface area contributed by atoms with Crippen LogP contribution in [0.2, 0.25) is 5.02 Å². The van der Waals surface area contributed by atoms with Crippen LogP contribution in [0.3, 0.4) is 0 Å². The molecule has 0 unspecified atom stereocenters. The van der Waals surface area contributed by atoms with Gasteiger partial charge in [-0.1, -0.05) is 11.6 Å². The average molecular weight is 332 g/mol. The van der Waals surface area contributed by atoms with Crippen molar-refractivity contribution in [1.29, 1.82) is 0 Å². The Bertz CT molecular complexity index is 517. The lowest BCUT2D eigenvalue weighted by atomic mass is 9.97. The van der Waals surface area contributed by atoms with Crippen molar-refractivity contribution >= 4 is 41.5 Å². The first kappa shape index (κ1) is 17.8. The molecule has 21 heavy (non-hydrogen) atoms. The van der Waals surface area contributed by atoms with Crippen LogP contribution in [-0.2, 0) is 4.79 Å². The lowest BCUT2D eigenvalue weighted by Crippen LogP contribution is -2.34. The normalized spacial score (nSPS) is 15.0. The third-order valence-corrected chi connectivity index (χ3v) is 3.73. The fourth-order valence-electron chi connectivity index (χ4n) is 2.24. The minimum atomic E-state index is -0.244. The van der Waals surface area contributed by atoms with E-state index in [9.17, 15) is 9.59 Å². The largest absolute Gasteiger partial charge is 0.355 e. The minimum Gasteiger partial charge on any atom is -0.355 e. The Labute approximate surface area is 135 Å². The maximum absolute atomic E-state index is 12.1. The highest BCUT2D eigenvalue weighted by Crippen LogP contribution is 2.22. The number of hydrogen-bond donors (Lipinski definition) is 3. The van der Waals surface area contributed by atoms with Crippen molar-refractivity contribution in [2.75, 3.05) is 25.5 Å². The van der Waals surface area contributed by atoms with Crippen molar-refractivity contribution in [3.05, 3.63) is 28.8 Å². The molecule has 0 aromatic heterocycles. The number of benzene rings is 1. The standard InChI is InChI=1S/C14H18ClN3O2.ClH/c1-16-14(20)11-3-2-10(8-12(11)15)18-13(19)9-4-6-17-7-5-9;/h2-3,8-9,17H,4-7H2,1H3,(H,16,20)(H,18,19);1H. The SMILES string of the molecule is CNC(=O)c1ccc(NC(=O)C2CCNCC2)cc1Cl.Cl. The number of halogens is 2. The summed E-state index contributed by atoms with van der Waals surface area (Å²) in [6, 6.07) is 4.90. The predicted octanol–water partition coefficient (Wildman–Crippen LogP) is 2.06. The van der Waals surface area contributed by atoms with Gasteiger partial charge in [-0.3, -0.25) is 9.59 Å². The van der Waals surface area contributed by atoms with E-state index in [0.29, 0.717) is 16.3 Å². The van der Waals surface area contributed by atoms with E-state index in [1.165, 1.54) is 0 Å². The summed E-state index contributed by atoms with van der Waals surface area (Å²) in [6.07, 6.45) is 1.69. The molecule has 1 heterocycles. The van der Waals surface area contributed by atoms with Crippen molar-refractivity contribution in [3.63, 3.8) is 0 Å². The van der Waals surface area contributed by atoms with Crippen LogP contribution in [0.5, 0.6) is 0 Å². The number of piperidine rings is 1. The maximum atomic E-state index is 12.1.